The predicted molar refractivity (Wildman–Crippen MR) is 89.4 cm³/mol. The van der Waals surface area contributed by atoms with E-state index in [1.54, 1.807) is 0 Å². The minimum atomic E-state index is -0.0149. The summed E-state index contributed by atoms with van der Waals surface area (Å²) >= 11 is 0. The van der Waals surface area contributed by atoms with Gasteiger partial charge in [-0.2, -0.15) is 0 Å². The Morgan fingerprint density at radius 3 is 2.57 bits per heavy atom. The number of piperidine rings is 1. The van der Waals surface area contributed by atoms with E-state index in [1.807, 2.05) is 6.92 Å². The molecular weight excluding hydrogens is 262 g/mol. The zero-order valence-corrected chi connectivity index (χ0v) is 14.6. The Morgan fingerprint density at radius 1 is 1.29 bits per heavy atom. The van der Waals surface area contributed by atoms with Gasteiger partial charge in [-0.15, -0.1) is 0 Å². The normalized spacial score (nSPS) is 26.3. The van der Waals surface area contributed by atoms with Gasteiger partial charge in [-0.05, 0) is 45.6 Å². The van der Waals surface area contributed by atoms with Crippen LogP contribution in [0.5, 0.6) is 0 Å². The van der Waals surface area contributed by atoms with E-state index in [0.29, 0.717) is 12.0 Å². The largest absolute Gasteiger partial charge is 0.352 e. The Hall–Kier alpha value is -0.610. The van der Waals surface area contributed by atoms with Crippen molar-refractivity contribution in [1.29, 1.82) is 0 Å². The highest BCUT2D eigenvalue weighted by molar-refractivity contribution is 5.81. The number of carbonyl (C=O) groups is 1. The first-order valence-electron chi connectivity index (χ1n) is 8.77. The van der Waals surface area contributed by atoms with Crippen LogP contribution in [0.1, 0.15) is 60.3 Å². The van der Waals surface area contributed by atoms with E-state index < -0.39 is 0 Å². The van der Waals surface area contributed by atoms with Crippen LogP contribution >= 0.6 is 0 Å². The number of carbonyl (C=O) groups excluding carboxylic acids is 1. The first kappa shape index (κ1) is 18.4. The molecule has 1 rings (SSSR count). The molecule has 0 aliphatic carbocycles. The maximum absolute atomic E-state index is 12.3. The Bertz CT molecular complexity index is 308. The summed E-state index contributed by atoms with van der Waals surface area (Å²) in [5.41, 5.74) is 0. The van der Waals surface area contributed by atoms with Gasteiger partial charge in [0.1, 0.15) is 0 Å². The summed E-state index contributed by atoms with van der Waals surface area (Å²) in [5.74, 6) is 0.789. The molecule has 4 nitrogen and oxygen atoms in total. The van der Waals surface area contributed by atoms with Crippen molar-refractivity contribution in [2.75, 3.05) is 19.6 Å². The van der Waals surface area contributed by atoms with Gasteiger partial charge in [-0.25, -0.2) is 0 Å². The summed E-state index contributed by atoms with van der Waals surface area (Å²) in [6.45, 7) is 13.9. The fourth-order valence-corrected chi connectivity index (χ4v) is 3.20. The zero-order chi connectivity index (χ0) is 15.8. The van der Waals surface area contributed by atoms with Crippen LogP contribution in [-0.2, 0) is 4.79 Å². The van der Waals surface area contributed by atoms with Gasteiger partial charge in [0.25, 0.3) is 0 Å². The highest BCUT2D eigenvalue weighted by Gasteiger charge is 2.30. The SMILES string of the molecule is CCCNC1CCN(C(C)C(=O)NC(C)CCC)CC1C. The second-order valence-electron chi connectivity index (χ2n) is 6.70. The van der Waals surface area contributed by atoms with Crippen LogP contribution in [0.2, 0.25) is 0 Å². The minimum Gasteiger partial charge on any atom is -0.352 e. The lowest BCUT2D eigenvalue weighted by atomic mass is 9.92. The van der Waals surface area contributed by atoms with E-state index in [-0.39, 0.29) is 18.0 Å². The highest BCUT2D eigenvalue weighted by atomic mass is 16.2. The lowest BCUT2D eigenvalue weighted by Gasteiger charge is -2.40. The van der Waals surface area contributed by atoms with Crippen LogP contribution < -0.4 is 10.6 Å². The minimum absolute atomic E-state index is 0.0149. The molecule has 4 heteroatoms. The van der Waals surface area contributed by atoms with E-state index in [4.69, 9.17) is 0 Å². The van der Waals surface area contributed by atoms with E-state index in [9.17, 15) is 4.79 Å². The first-order chi connectivity index (χ1) is 9.99. The lowest BCUT2D eigenvalue weighted by molar-refractivity contribution is -0.127. The molecule has 2 N–H and O–H groups in total. The van der Waals surface area contributed by atoms with Gasteiger partial charge < -0.3 is 10.6 Å². The second kappa shape index (κ2) is 9.42. The predicted octanol–water partition coefficient (Wildman–Crippen LogP) is 2.39. The van der Waals surface area contributed by atoms with Crippen molar-refractivity contribution < 1.29 is 4.79 Å². The molecule has 1 saturated heterocycles. The van der Waals surface area contributed by atoms with Crippen LogP contribution in [0.4, 0.5) is 0 Å². The summed E-state index contributed by atoms with van der Waals surface area (Å²) in [6, 6.07) is 0.875. The van der Waals surface area contributed by atoms with Gasteiger partial charge in [0.05, 0.1) is 6.04 Å². The number of nitrogens with zero attached hydrogens (tertiary/aromatic N) is 1. The van der Waals surface area contributed by atoms with Gasteiger partial charge in [-0.1, -0.05) is 27.2 Å². The highest BCUT2D eigenvalue weighted by Crippen LogP contribution is 2.19. The van der Waals surface area contributed by atoms with Gasteiger partial charge >= 0.3 is 0 Å². The Balaban J connectivity index is 2.42. The number of amides is 1. The van der Waals surface area contributed by atoms with Crippen molar-refractivity contribution in [3.8, 4) is 0 Å². The number of nitrogens with one attached hydrogen (secondary N) is 2. The monoisotopic (exact) mass is 297 g/mol. The van der Waals surface area contributed by atoms with Crippen LogP contribution in [0.15, 0.2) is 0 Å². The van der Waals surface area contributed by atoms with Gasteiger partial charge in [0.2, 0.25) is 5.91 Å². The van der Waals surface area contributed by atoms with E-state index in [0.717, 1.165) is 38.9 Å². The summed E-state index contributed by atoms with van der Waals surface area (Å²) in [5, 5.41) is 6.77. The molecule has 21 heavy (non-hydrogen) atoms. The smallest absolute Gasteiger partial charge is 0.237 e. The zero-order valence-electron chi connectivity index (χ0n) is 14.6. The Morgan fingerprint density at radius 2 is 2.00 bits per heavy atom. The van der Waals surface area contributed by atoms with E-state index in [2.05, 4.69) is 43.2 Å². The fourth-order valence-electron chi connectivity index (χ4n) is 3.20. The third-order valence-electron chi connectivity index (χ3n) is 4.63. The molecule has 1 heterocycles. The number of hydrogen-bond donors (Lipinski definition) is 2. The first-order valence-corrected chi connectivity index (χ1v) is 8.77. The van der Waals surface area contributed by atoms with Crippen molar-refractivity contribution in [3.63, 3.8) is 0 Å². The Labute approximate surface area is 131 Å². The van der Waals surface area contributed by atoms with Crippen molar-refractivity contribution in [1.82, 2.24) is 15.5 Å². The maximum atomic E-state index is 12.3. The molecule has 1 fully saturated rings. The molecule has 0 saturated carbocycles. The molecule has 0 aromatic carbocycles. The average Bonchev–Trinajstić information content (AvgIpc) is 2.45. The van der Waals surface area contributed by atoms with Gasteiger partial charge in [0, 0.05) is 25.2 Å². The lowest BCUT2D eigenvalue weighted by Crippen LogP contribution is -2.55. The number of rotatable bonds is 8. The molecular formula is C17H35N3O. The van der Waals surface area contributed by atoms with Crippen LogP contribution in [0, 0.1) is 5.92 Å². The topological polar surface area (TPSA) is 44.4 Å². The van der Waals surface area contributed by atoms with Crippen molar-refractivity contribution >= 4 is 5.91 Å². The summed E-state index contributed by atoms with van der Waals surface area (Å²) in [6.07, 6.45) is 4.49. The molecule has 0 aromatic rings. The van der Waals surface area contributed by atoms with Crippen LogP contribution in [0.3, 0.4) is 0 Å². The fraction of sp³-hybridized carbons (Fsp3) is 0.941. The average molecular weight is 297 g/mol. The molecule has 0 radical (unpaired) electrons. The Kier molecular flexibility index (Phi) is 8.27. The molecule has 4 atom stereocenters. The van der Waals surface area contributed by atoms with E-state index >= 15 is 0 Å². The summed E-state index contributed by atoms with van der Waals surface area (Å²) in [4.78, 5) is 14.7. The quantitative estimate of drug-likeness (QED) is 0.723. The standard InChI is InChI=1S/C17H35N3O/c1-6-8-14(4)19-17(21)15(5)20-11-9-16(13(3)12-20)18-10-7-2/h13-16,18H,6-12H2,1-5H3,(H,19,21). The number of likely N-dealkylation sites (tertiary alicyclic amines) is 1. The molecule has 4 unspecified atom stereocenters. The van der Waals surface area contributed by atoms with Crippen molar-refractivity contribution in [2.24, 2.45) is 5.92 Å². The number of hydrogen-bond acceptors (Lipinski definition) is 3. The third kappa shape index (κ3) is 5.95. The maximum Gasteiger partial charge on any atom is 0.237 e. The molecule has 0 aromatic heterocycles. The third-order valence-corrected chi connectivity index (χ3v) is 4.63. The molecule has 124 valence electrons. The molecule has 0 spiro atoms. The van der Waals surface area contributed by atoms with Crippen LogP contribution in [0.25, 0.3) is 0 Å². The second-order valence-corrected chi connectivity index (χ2v) is 6.70. The van der Waals surface area contributed by atoms with Crippen molar-refractivity contribution in [2.45, 2.75) is 78.4 Å². The molecule has 1 aliphatic rings. The van der Waals surface area contributed by atoms with Gasteiger partial charge in [0.15, 0.2) is 0 Å². The van der Waals surface area contributed by atoms with E-state index in [1.165, 1.54) is 6.42 Å². The molecule has 1 aliphatic heterocycles. The molecule has 1 amide bonds. The molecule has 0 bridgehead atoms. The van der Waals surface area contributed by atoms with Gasteiger partial charge in [-0.3, -0.25) is 9.69 Å². The summed E-state index contributed by atoms with van der Waals surface area (Å²) in [7, 11) is 0. The van der Waals surface area contributed by atoms with Crippen LogP contribution in [-0.4, -0.2) is 48.6 Å². The van der Waals surface area contributed by atoms with Crippen molar-refractivity contribution in [3.05, 3.63) is 0 Å². The summed E-state index contributed by atoms with van der Waals surface area (Å²) < 4.78 is 0.